The zero-order valence-electron chi connectivity index (χ0n) is 9.81. The van der Waals surface area contributed by atoms with Crippen molar-refractivity contribution in [2.75, 3.05) is 5.75 Å². The van der Waals surface area contributed by atoms with Crippen LogP contribution >= 0.6 is 11.8 Å². The van der Waals surface area contributed by atoms with Gasteiger partial charge in [-0.1, -0.05) is 24.3 Å². The van der Waals surface area contributed by atoms with Gasteiger partial charge in [-0.15, -0.1) is 6.58 Å². The monoisotopic (exact) mass is 262 g/mol. The van der Waals surface area contributed by atoms with Crippen molar-refractivity contribution in [3.05, 3.63) is 48.2 Å². The molecule has 0 saturated carbocycles. The van der Waals surface area contributed by atoms with E-state index >= 15 is 0 Å². The Kier molecular flexibility index (Phi) is 4.07. The SMILES string of the molecule is C=CCSCc1c(C(=O)NN)oc2ccccc12. The van der Waals surface area contributed by atoms with E-state index in [0.29, 0.717) is 11.3 Å². The van der Waals surface area contributed by atoms with E-state index in [1.807, 2.05) is 30.3 Å². The Morgan fingerprint density at radius 3 is 3.00 bits per heavy atom. The minimum absolute atomic E-state index is 0.287. The van der Waals surface area contributed by atoms with Crippen molar-refractivity contribution in [3.8, 4) is 0 Å². The fourth-order valence-electron chi connectivity index (χ4n) is 1.74. The molecule has 0 unspecified atom stereocenters. The standard InChI is InChI=1S/C13H14N2O2S/c1-2-7-18-8-10-9-5-3-4-6-11(9)17-12(10)13(16)15-14/h2-6H,1,7-8,14H2,(H,15,16). The highest BCUT2D eigenvalue weighted by molar-refractivity contribution is 7.98. The molecule has 1 aromatic heterocycles. The molecule has 0 aliphatic rings. The van der Waals surface area contributed by atoms with Crippen molar-refractivity contribution in [3.63, 3.8) is 0 Å². The number of hydrazine groups is 1. The van der Waals surface area contributed by atoms with E-state index < -0.39 is 5.91 Å². The molecule has 4 nitrogen and oxygen atoms in total. The molecular weight excluding hydrogens is 248 g/mol. The molecule has 0 spiro atoms. The van der Waals surface area contributed by atoms with Crippen molar-refractivity contribution in [2.45, 2.75) is 5.75 Å². The Bertz CT molecular complexity index is 577. The molecular formula is C13H14N2O2S. The van der Waals surface area contributed by atoms with Gasteiger partial charge in [0.25, 0.3) is 0 Å². The molecule has 18 heavy (non-hydrogen) atoms. The zero-order chi connectivity index (χ0) is 13.0. The fourth-order valence-corrected chi connectivity index (χ4v) is 2.51. The van der Waals surface area contributed by atoms with Crippen LogP contribution in [0.4, 0.5) is 0 Å². The van der Waals surface area contributed by atoms with E-state index in [1.165, 1.54) is 0 Å². The second-order valence-corrected chi connectivity index (χ2v) is 4.71. The van der Waals surface area contributed by atoms with E-state index in [0.717, 1.165) is 16.7 Å². The summed E-state index contributed by atoms with van der Waals surface area (Å²) in [6, 6.07) is 7.57. The number of rotatable bonds is 5. The molecule has 1 amide bonds. The number of carbonyl (C=O) groups is 1. The first-order chi connectivity index (χ1) is 8.77. The van der Waals surface area contributed by atoms with Crippen LogP contribution < -0.4 is 11.3 Å². The molecule has 0 radical (unpaired) electrons. The molecule has 0 fully saturated rings. The Hall–Kier alpha value is -1.72. The van der Waals surface area contributed by atoms with Crippen LogP contribution in [-0.4, -0.2) is 11.7 Å². The van der Waals surface area contributed by atoms with Gasteiger partial charge in [0.1, 0.15) is 5.58 Å². The first-order valence-electron chi connectivity index (χ1n) is 5.48. The van der Waals surface area contributed by atoms with E-state index in [2.05, 4.69) is 12.0 Å². The van der Waals surface area contributed by atoms with E-state index in [-0.39, 0.29) is 5.76 Å². The number of benzene rings is 1. The number of amides is 1. The van der Waals surface area contributed by atoms with Gasteiger partial charge >= 0.3 is 5.91 Å². The average Bonchev–Trinajstić information content (AvgIpc) is 2.77. The van der Waals surface area contributed by atoms with Gasteiger partial charge in [0.05, 0.1) is 0 Å². The minimum Gasteiger partial charge on any atom is -0.451 e. The molecule has 5 heteroatoms. The topological polar surface area (TPSA) is 68.3 Å². The van der Waals surface area contributed by atoms with Crippen LogP contribution in [0, 0.1) is 0 Å². The number of para-hydroxylation sites is 1. The summed E-state index contributed by atoms with van der Waals surface area (Å²) >= 11 is 1.67. The average molecular weight is 262 g/mol. The van der Waals surface area contributed by atoms with Crippen molar-refractivity contribution in [1.29, 1.82) is 0 Å². The third kappa shape index (κ3) is 2.42. The van der Waals surface area contributed by atoms with Crippen molar-refractivity contribution >= 4 is 28.6 Å². The Balaban J connectivity index is 2.43. The Labute approximate surface area is 109 Å². The predicted octanol–water partition coefficient (Wildman–Crippen LogP) is 2.46. The number of furan rings is 1. The number of hydrogen-bond acceptors (Lipinski definition) is 4. The van der Waals surface area contributed by atoms with E-state index in [9.17, 15) is 4.79 Å². The minimum atomic E-state index is -0.402. The van der Waals surface area contributed by atoms with Gasteiger partial charge in [-0.25, -0.2) is 5.84 Å². The molecule has 2 aromatic rings. The molecule has 3 N–H and O–H groups in total. The number of nitrogen functional groups attached to an aromatic ring is 1. The number of nitrogens with two attached hydrogens (primary N) is 1. The zero-order valence-corrected chi connectivity index (χ0v) is 10.6. The van der Waals surface area contributed by atoms with Gasteiger partial charge < -0.3 is 4.42 Å². The highest BCUT2D eigenvalue weighted by Crippen LogP contribution is 2.29. The first kappa shape index (κ1) is 12.7. The third-order valence-electron chi connectivity index (χ3n) is 2.52. The summed E-state index contributed by atoms with van der Waals surface area (Å²) in [7, 11) is 0. The lowest BCUT2D eigenvalue weighted by atomic mass is 10.1. The number of hydrogen-bond donors (Lipinski definition) is 2. The third-order valence-corrected chi connectivity index (χ3v) is 3.48. The second-order valence-electron chi connectivity index (χ2n) is 3.68. The lowest BCUT2D eigenvalue weighted by molar-refractivity contribution is 0.0927. The molecule has 0 bridgehead atoms. The summed E-state index contributed by atoms with van der Waals surface area (Å²) in [5, 5.41) is 0.952. The van der Waals surface area contributed by atoms with Gasteiger partial charge in [0.15, 0.2) is 5.76 Å². The Morgan fingerprint density at radius 2 is 2.28 bits per heavy atom. The van der Waals surface area contributed by atoms with Gasteiger partial charge in [0.2, 0.25) is 0 Å². The summed E-state index contributed by atoms with van der Waals surface area (Å²) in [4.78, 5) is 11.7. The maximum Gasteiger partial charge on any atom is 0.301 e. The van der Waals surface area contributed by atoms with Crippen LogP contribution in [0.3, 0.4) is 0 Å². The van der Waals surface area contributed by atoms with Crippen molar-refractivity contribution in [2.24, 2.45) is 5.84 Å². The summed E-state index contributed by atoms with van der Waals surface area (Å²) in [5.41, 5.74) is 3.69. The molecule has 0 atom stereocenters. The number of thioether (sulfide) groups is 1. The normalized spacial score (nSPS) is 10.5. The van der Waals surface area contributed by atoms with Crippen LogP contribution in [0.15, 0.2) is 41.3 Å². The number of nitrogens with one attached hydrogen (secondary N) is 1. The summed E-state index contributed by atoms with van der Waals surface area (Å²) in [6.07, 6.45) is 1.83. The summed E-state index contributed by atoms with van der Waals surface area (Å²) < 4.78 is 5.55. The highest BCUT2D eigenvalue weighted by Gasteiger charge is 2.19. The number of fused-ring (bicyclic) bond motifs is 1. The van der Waals surface area contributed by atoms with Gasteiger partial charge in [-0.3, -0.25) is 10.2 Å². The van der Waals surface area contributed by atoms with Crippen LogP contribution in [0.5, 0.6) is 0 Å². The molecule has 2 rings (SSSR count). The smallest absolute Gasteiger partial charge is 0.301 e. The van der Waals surface area contributed by atoms with Gasteiger partial charge in [-0.2, -0.15) is 11.8 Å². The maximum absolute atomic E-state index is 11.7. The molecule has 0 aliphatic carbocycles. The van der Waals surface area contributed by atoms with E-state index in [1.54, 1.807) is 11.8 Å². The van der Waals surface area contributed by atoms with Crippen LogP contribution in [0.2, 0.25) is 0 Å². The molecule has 1 aromatic carbocycles. The predicted molar refractivity (Wildman–Crippen MR) is 74.2 cm³/mol. The van der Waals surface area contributed by atoms with Crippen molar-refractivity contribution in [1.82, 2.24) is 5.43 Å². The number of carbonyl (C=O) groups excluding carboxylic acids is 1. The summed E-state index contributed by atoms with van der Waals surface area (Å²) in [5.74, 6) is 6.56. The lowest BCUT2D eigenvalue weighted by Crippen LogP contribution is -2.30. The highest BCUT2D eigenvalue weighted by atomic mass is 32.2. The van der Waals surface area contributed by atoms with E-state index in [4.69, 9.17) is 10.3 Å². The second kappa shape index (κ2) is 5.75. The fraction of sp³-hybridized carbons (Fsp3) is 0.154. The first-order valence-corrected chi connectivity index (χ1v) is 6.63. The van der Waals surface area contributed by atoms with Crippen molar-refractivity contribution < 1.29 is 9.21 Å². The molecule has 1 heterocycles. The largest absolute Gasteiger partial charge is 0.451 e. The lowest BCUT2D eigenvalue weighted by Gasteiger charge is -2.00. The quantitative estimate of drug-likeness (QED) is 0.285. The maximum atomic E-state index is 11.7. The molecule has 0 saturated heterocycles. The van der Waals surface area contributed by atoms with Gasteiger partial charge in [-0.05, 0) is 6.07 Å². The van der Waals surface area contributed by atoms with Crippen LogP contribution in [0.25, 0.3) is 11.0 Å². The van der Waals surface area contributed by atoms with Crippen LogP contribution in [-0.2, 0) is 5.75 Å². The van der Waals surface area contributed by atoms with Gasteiger partial charge in [0, 0.05) is 22.5 Å². The molecule has 94 valence electrons. The summed E-state index contributed by atoms with van der Waals surface area (Å²) in [6.45, 7) is 3.67. The molecule has 0 aliphatic heterocycles. The Morgan fingerprint density at radius 1 is 1.50 bits per heavy atom. The van der Waals surface area contributed by atoms with Crippen LogP contribution in [0.1, 0.15) is 16.1 Å².